The number of benzene rings is 1. The highest BCUT2D eigenvalue weighted by atomic mass is 35.5. The van der Waals surface area contributed by atoms with E-state index in [9.17, 15) is 0 Å². The number of aryl methyl sites for hydroxylation is 1. The van der Waals surface area contributed by atoms with Gasteiger partial charge in [-0.15, -0.1) is 0 Å². The second kappa shape index (κ2) is 3.49. The zero-order chi connectivity index (χ0) is 12.0. The molecule has 0 radical (unpaired) electrons. The van der Waals surface area contributed by atoms with Crippen LogP contribution in [0.25, 0.3) is 22.6 Å². The minimum Gasteiger partial charge on any atom is -0.397 e. The van der Waals surface area contributed by atoms with Crippen LogP contribution in [-0.4, -0.2) is 19.5 Å². The molecular weight excluding hydrogens is 238 g/mol. The number of anilines is 1. The summed E-state index contributed by atoms with van der Waals surface area (Å²) in [5, 5.41) is 0.593. The normalized spacial score (nSPS) is 11.2. The van der Waals surface area contributed by atoms with Gasteiger partial charge in [0.1, 0.15) is 11.2 Å². The summed E-state index contributed by atoms with van der Waals surface area (Å²) in [6.45, 7) is 0. The van der Waals surface area contributed by atoms with Gasteiger partial charge in [0, 0.05) is 12.1 Å². The first-order chi connectivity index (χ1) is 8.15. The fourth-order valence-corrected chi connectivity index (χ4v) is 2.04. The summed E-state index contributed by atoms with van der Waals surface area (Å²) < 4.78 is 1.88. The van der Waals surface area contributed by atoms with Gasteiger partial charge in [0.25, 0.3) is 0 Å². The highest BCUT2D eigenvalue weighted by Crippen LogP contribution is 2.27. The van der Waals surface area contributed by atoms with Gasteiger partial charge in [-0.1, -0.05) is 11.6 Å². The lowest BCUT2D eigenvalue weighted by Crippen LogP contribution is -1.90. The van der Waals surface area contributed by atoms with E-state index in [1.807, 2.05) is 11.6 Å². The first-order valence-electron chi connectivity index (χ1n) is 5.06. The smallest absolute Gasteiger partial charge is 0.156 e. The number of nitrogen functional groups attached to an aromatic ring is 1. The van der Waals surface area contributed by atoms with Crippen LogP contribution in [0.3, 0.4) is 0 Å². The first kappa shape index (κ1) is 10.2. The van der Waals surface area contributed by atoms with Crippen LogP contribution in [-0.2, 0) is 7.05 Å². The van der Waals surface area contributed by atoms with Crippen molar-refractivity contribution in [2.75, 3.05) is 5.73 Å². The lowest BCUT2D eigenvalue weighted by Gasteiger charge is -1.95. The van der Waals surface area contributed by atoms with Crippen LogP contribution in [0.1, 0.15) is 0 Å². The highest BCUT2D eigenvalue weighted by Gasteiger charge is 2.10. The molecular formula is C11H10ClN5. The quantitative estimate of drug-likeness (QED) is 0.648. The Bertz CT molecular complexity index is 697. The lowest BCUT2D eigenvalue weighted by atomic mass is 10.3. The Kier molecular flexibility index (Phi) is 2.09. The minimum absolute atomic E-state index is 0.567. The molecule has 1 aromatic carbocycles. The van der Waals surface area contributed by atoms with Crippen molar-refractivity contribution in [2.45, 2.75) is 0 Å². The number of aromatic amines is 1. The highest BCUT2D eigenvalue weighted by molar-refractivity contribution is 6.31. The molecule has 2 heterocycles. The molecule has 3 rings (SSSR count). The van der Waals surface area contributed by atoms with Crippen LogP contribution >= 0.6 is 11.6 Å². The van der Waals surface area contributed by atoms with E-state index in [2.05, 4.69) is 15.0 Å². The number of halogens is 1. The van der Waals surface area contributed by atoms with E-state index in [0.29, 0.717) is 10.7 Å². The van der Waals surface area contributed by atoms with E-state index >= 15 is 0 Å². The topological polar surface area (TPSA) is 72.5 Å². The summed E-state index contributed by atoms with van der Waals surface area (Å²) in [7, 11) is 1.91. The Morgan fingerprint density at radius 3 is 2.94 bits per heavy atom. The summed E-state index contributed by atoms with van der Waals surface area (Å²) in [4.78, 5) is 11.7. The Labute approximate surface area is 102 Å². The number of aromatic nitrogens is 4. The molecule has 6 heteroatoms. The van der Waals surface area contributed by atoms with Gasteiger partial charge in [0.15, 0.2) is 5.82 Å². The van der Waals surface area contributed by atoms with Crippen LogP contribution in [0.4, 0.5) is 5.69 Å². The second-order valence-corrected chi connectivity index (χ2v) is 4.30. The number of nitrogens with one attached hydrogen (secondary N) is 1. The van der Waals surface area contributed by atoms with Crippen molar-refractivity contribution in [1.29, 1.82) is 0 Å². The number of nitrogens with two attached hydrogens (primary N) is 1. The molecule has 0 atom stereocenters. The number of imidazole rings is 2. The van der Waals surface area contributed by atoms with Crippen LogP contribution < -0.4 is 5.73 Å². The molecule has 0 aliphatic heterocycles. The molecule has 0 spiro atoms. The Morgan fingerprint density at radius 2 is 2.24 bits per heavy atom. The number of fused-ring (bicyclic) bond motifs is 1. The first-order valence-corrected chi connectivity index (χ1v) is 5.44. The summed E-state index contributed by atoms with van der Waals surface area (Å²) in [6.07, 6.45) is 3.47. The van der Waals surface area contributed by atoms with Crippen LogP contribution in [0.2, 0.25) is 5.02 Å². The minimum atomic E-state index is 0.567. The van der Waals surface area contributed by atoms with Gasteiger partial charge < -0.3 is 15.3 Å². The number of H-pyrrole nitrogens is 1. The SMILES string of the molecule is Cn1cncc1-c1nc2c(N)cc(Cl)cc2[nH]1. The van der Waals surface area contributed by atoms with Crippen LogP contribution in [0, 0.1) is 0 Å². The maximum Gasteiger partial charge on any atom is 0.156 e. The molecule has 3 N–H and O–H groups in total. The van der Waals surface area contributed by atoms with Crippen molar-refractivity contribution in [3.05, 3.63) is 29.7 Å². The number of rotatable bonds is 1. The fraction of sp³-hybridized carbons (Fsp3) is 0.0909. The predicted molar refractivity (Wildman–Crippen MR) is 67.7 cm³/mol. The summed E-state index contributed by atoms with van der Waals surface area (Å²) >= 11 is 5.94. The molecule has 0 saturated heterocycles. The number of hydrogen-bond donors (Lipinski definition) is 2. The monoisotopic (exact) mass is 247 g/mol. The van der Waals surface area contributed by atoms with E-state index in [1.165, 1.54) is 0 Å². The predicted octanol–water partition coefficient (Wildman–Crippen LogP) is 2.20. The molecule has 3 aromatic rings. The molecule has 2 aromatic heterocycles. The molecule has 0 fully saturated rings. The summed E-state index contributed by atoms with van der Waals surface area (Å²) in [6, 6.07) is 3.50. The molecule has 5 nitrogen and oxygen atoms in total. The van der Waals surface area contributed by atoms with Gasteiger partial charge in [-0.3, -0.25) is 0 Å². The molecule has 0 bridgehead atoms. The van der Waals surface area contributed by atoms with Gasteiger partial charge in [-0.25, -0.2) is 9.97 Å². The number of nitrogens with zero attached hydrogens (tertiary/aromatic N) is 3. The lowest BCUT2D eigenvalue weighted by molar-refractivity contribution is 0.913. The van der Waals surface area contributed by atoms with E-state index in [1.54, 1.807) is 24.7 Å². The van der Waals surface area contributed by atoms with Gasteiger partial charge in [0.05, 0.1) is 23.7 Å². The summed E-state index contributed by atoms with van der Waals surface area (Å²) in [5.74, 6) is 0.731. The third-order valence-electron chi connectivity index (χ3n) is 2.64. The van der Waals surface area contributed by atoms with E-state index < -0.39 is 0 Å². The molecule has 86 valence electrons. The Balaban J connectivity index is 2.27. The fourth-order valence-electron chi connectivity index (χ4n) is 1.81. The van der Waals surface area contributed by atoms with Gasteiger partial charge in [-0.05, 0) is 12.1 Å². The van der Waals surface area contributed by atoms with Crippen molar-refractivity contribution < 1.29 is 0 Å². The zero-order valence-electron chi connectivity index (χ0n) is 9.11. The van der Waals surface area contributed by atoms with E-state index in [4.69, 9.17) is 17.3 Å². The largest absolute Gasteiger partial charge is 0.397 e. The van der Waals surface area contributed by atoms with Crippen molar-refractivity contribution in [3.8, 4) is 11.5 Å². The van der Waals surface area contributed by atoms with Crippen molar-refractivity contribution in [2.24, 2.45) is 7.05 Å². The molecule has 0 saturated carbocycles. The third-order valence-corrected chi connectivity index (χ3v) is 2.86. The average molecular weight is 248 g/mol. The van der Waals surface area contributed by atoms with Crippen molar-refractivity contribution >= 4 is 28.3 Å². The molecule has 0 aliphatic carbocycles. The van der Waals surface area contributed by atoms with Crippen molar-refractivity contribution in [1.82, 2.24) is 19.5 Å². The number of hydrogen-bond acceptors (Lipinski definition) is 3. The molecule has 17 heavy (non-hydrogen) atoms. The van der Waals surface area contributed by atoms with Gasteiger partial charge in [-0.2, -0.15) is 0 Å². The Hall–Kier alpha value is -2.01. The molecule has 0 amide bonds. The van der Waals surface area contributed by atoms with Gasteiger partial charge >= 0.3 is 0 Å². The Morgan fingerprint density at radius 1 is 1.41 bits per heavy atom. The van der Waals surface area contributed by atoms with E-state index in [-0.39, 0.29) is 0 Å². The van der Waals surface area contributed by atoms with Gasteiger partial charge in [0.2, 0.25) is 0 Å². The average Bonchev–Trinajstić information content (AvgIpc) is 2.83. The maximum absolute atomic E-state index is 5.94. The van der Waals surface area contributed by atoms with Crippen LogP contribution in [0.15, 0.2) is 24.7 Å². The standard InChI is InChI=1S/C11H10ClN5/c1-17-5-14-4-9(17)11-15-8-3-6(12)2-7(13)10(8)16-11/h2-5H,13H2,1H3,(H,15,16). The van der Waals surface area contributed by atoms with Crippen LogP contribution in [0.5, 0.6) is 0 Å². The summed E-state index contributed by atoms with van der Waals surface area (Å²) in [5.41, 5.74) is 8.89. The third kappa shape index (κ3) is 1.55. The van der Waals surface area contributed by atoms with E-state index in [0.717, 1.165) is 22.6 Å². The maximum atomic E-state index is 5.94. The second-order valence-electron chi connectivity index (χ2n) is 3.87. The van der Waals surface area contributed by atoms with Crippen molar-refractivity contribution in [3.63, 3.8) is 0 Å². The molecule has 0 aliphatic rings. The molecule has 0 unspecified atom stereocenters. The zero-order valence-corrected chi connectivity index (χ0v) is 9.86.